The minimum atomic E-state index is 0. The van der Waals surface area contributed by atoms with Crippen molar-refractivity contribution in [2.45, 2.75) is 0 Å². The summed E-state index contributed by atoms with van der Waals surface area (Å²) in [5.74, 6) is 0. The molecule has 0 spiro atoms. The Morgan fingerprint density at radius 2 is 1.45 bits per heavy atom. The van der Waals surface area contributed by atoms with Crippen molar-refractivity contribution < 1.29 is 24.8 Å². The quantitative estimate of drug-likeness (QED) is 0.288. The van der Waals surface area contributed by atoms with Gasteiger partial charge in [0.2, 0.25) is 0 Å². The van der Waals surface area contributed by atoms with Crippen molar-refractivity contribution in [1.29, 1.82) is 0 Å². The van der Waals surface area contributed by atoms with E-state index in [-0.39, 0.29) is 32.7 Å². The Balaban J connectivity index is -0.000000107. The molecule has 0 fully saturated rings. The van der Waals surface area contributed by atoms with Crippen molar-refractivity contribution in [3.8, 4) is 0 Å². The summed E-state index contributed by atoms with van der Waals surface area (Å²) in [7, 11) is 4.31. The van der Waals surface area contributed by atoms with Gasteiger partial charge < -0.3 is 5.91 Å². The van der Waals surface area contributed by atoms with E-state index >= 15 is 0 Å². The summed E-state index contributed by atoms with van der Waals surface area (Å²) < 4.78 is 0.951. The number of nitrogens with zero attached hydrogens (tertiary/aromatic N) is 1. The molecular formula is C8H18ClLiN+. The molecule has 0 aliphatic rings. The third kappa shape index (κ3) is 10.3. The van der Waals surface area contributed by atoms with Gasteiger partial charge in [0, 0.05) is 0 Å². The van der Waals surface area contributed by atoms with Gasteiger partial charge in [0.05, 0.1) is 27.2 Å². The van der Waals surface area contributed by atoms with E-state index < -0.39 is 0 Å². The second kappa shape index (κ2) is 8.42. The topological polar surface area (TPSA) is 0 Å². The molecule has 1 nitrogen and oxygen atoms in total. The minimum absolute atomic E-state index is 0. The molecule has 0 aromatic carbocycles. The van der Waals surface area contributed by atoms with Gasteiger partial charge in [-0.15, -0.1) is 12.4 Å². The van der Waals surface area contributed by atoms with Gasteiger partial charge in [-0.25, -0.2) is 0 Å². The average Bonchev–Trinajstić information content (AvgIpc) is 1.64. The first-order valence-electron chi connectivity index (χ1n) is 3.16. The number of hydrogen-bond donors (Lipinski definition) is 0. The van der Waals surface area contributed by atoms with Crippen molar-refractivity contribution in [2.75, 3.05) is 27.2 Å². The second-order valence-corrected chi connectivity index (χ2v) is 2.88. The zero-order valence-electron chi connectivity index (χ0n) is 8.84. The van der Waals surface area contributed by atoms with Gasteiger partial charge in [-0.05, 0) is 12.2 Å². The van der Waals surface area contributed by atoms with Crippen LogP contribution in [0.2, 0.25) is 0 Å². The average molecular weight is 171 g/mol. The van der Waals surface area contributed by atoms with Crippen LogP contribution in [0.4, 0.5) is 0 Å². The van der Waals surface area contributed by atoms with Crippen LogP contribution in [0.3, 0.4) is 0 Å². The molecule has 0 atom stereocenters. The van der Waals surface area contributed by atoms with E-state index in [1.54, 1.807) is 0 Å². The fraction of sp³-hybridized carbons (Fsp3) is 0.500. The van der Waals surface area contributed by atoms with Crippen LogP contribution in [-0.4, -0.2) is 31.7 Å². The van der Waals surface area contributed by atoms with Crippen LogP contribution in [0.25, 0.3) is 0 Å². The molecule has 0 aromatic rings. The minimum Gasteiger partial charge on any atom is -1.00 e. The first-order valence-corrected chi connectivity index (χ1v) is 3.16. The molecule has 0 saturated heterocycles. The number of hydrogen-bond acceptors (Lipinski definition) is 0. The molecule has 0 saturated carbocycles. The Bertz CT molecular complexity index is 106. The zero-order valence-corrected chi connectivity index (χ0v) is 8.66. The summed E-state index contributed by atoms with van der Waals surface area (Å²) in [6, 6.07) is 0. The molecule has 0 aliphatic carbocycles. The second-order valence-electron chi connectivity index (χ2n) is 2.88. The van der Waals surface area contributed by atoms with Crippen LogP contribution < -0.4 is 18.9 Å². The van der Waals surface area contributed by atoms with Gasteiger partial charge in [0.25, 0.3) is 0 Å². The van der Waals surface area contributed by atoms with Crippen LogP contribution in [0.5, 0.6) is 0 Å². The first-order chi connectivity index (χ1) is 4.12. The summed E-state index contributed by atoms with van der Waals surface area (Å²) in [5.41, 5.74) is 0. The number of quaternary nitrogens is 1. The van der Waals surface area contributed by atoms with Crippen molar-refractivity contribution in [2.24, 2.45) is 0 Å². The molecular weight excluding hydrogens is 152 g/mol. The molecule has 0 heterocycles. The van der Waals surface area contributed by atoms with E-state index in [4.69, 9.17) is 0 Å². The molecule has 62 valence electrons. The monoisotopic (exact) mass is 170 g/mol. The first kappa shape index (κ1) is 17.4. The molecule has 11 heavy (non-hydrogen) atoms. The number of halogens is 1. The van der Waals surface area contributed by atoms with Gasteiger partial charge >= 0.3 is 18.9 Å². The van der Waals surface area contributed by atoms with Crippen LogP contribution in [0.1, 0.15) is 1.43 Å². The summed E-state index contributed by atoms with van der Waals surface area (Å²) in [6.07, 6.45) is 3.87. The van der Waals surface area contributed by atoms with Crippen molar-refractivity contribution >= 4 is 12.4 Å². The number of likely N-dealkylation sites (N-methyl/N-ethyl adjacent to an activating group) is 1. The molecule has 0 bridgehead atoms. The SMILES string of the molecule is C=CC[N+](C)(C)CC=C.Cl.[H-].[Li+]. The van der Waals surface area contributed by atoms with E-state index in [1.165, 1.54) is 0 Å². The Hall–Kier alpha value is 0.327. The largest absolute Gasteiger partial charge is 1.00 e. The fourth-order valence-electron chi connectivity index (χ4n) is 0.774. The molecule has 0 unspecified atom stereocenters. The van der Waals surface area contributed by atoms with E-state index in [1.807, 2.05) is 12.2 Å². The van der Waals surface area contributed by atoms with Gasteiger partial charge in [0.15, 0.2) is 0 Å². The molecule has 0 aliphatic heterocycles. The van der Waals surface area contributed by atoms with Gasteiger partial charge in [0.1, 0.15) is 0 Å². The standard InChI is InChI=1S/C8H16N.ClH.Li.H/c1-5-7-9(3,4)8-6-2;;;/h5-6H,1-2,7-8H2,3-4H3;1H;;/q+1;;+1;-1. The summed E-state index contributed by atoms with van der Waals surface area (Å²) >= 11 is 0. The Morgan fingerprint density at radius 1 is 1.18 bits per heavy atom. The molecule has 0 aromatic heterocycles. The van der Waals surface area contributed by atoms with Crippen molar-refractivity contribution in [3.05, 3.63) is 25.3 Å². The summed E-state index contributed by atoms with van der Waals surface area (Å²) in [6.45, 7) is 9.37. The fourth-order valence-corrected chi connectivity index (χ4v) is 0.774. The molecule has 0 amide bonds. The zero-order chi connectivity index (χ0) is 7.33. The van der Waals surface area contributed by atoms with E-state index in [0.717, 1.165) is 17.6 Å². The maximum absolute atomic E-state index is 3.68. The Labute approximate surface area is 89.8 Å². The van der Waals surface area contributed by atoms with Crippen LogP contribution in [-0.2, 0) is 0 Å². The smallest absolute Gasteiger partial charge is 1.00 e. The van der Waals surface area contributed by atoms with Crippen molar-refractivity contribution in [1.82, 2.24) is 0 Å². The van der Waals surface area contributed by atoms with Gasteiger partial charge in [-0.2, -0.15) is 0 Å². The third-order valence-corrected chi connectivity index (χ3v) is 1.25. The van der Waals surface area contributed by atoms with Gasteiger partial charge in [-0.1, -0.05) is 13.2 Å². The predicted molar refractivity (Wildman–Crippen MR) is 50.6 cm³/mol. The summed E-state index contributed by atoms with van der Waals surface area (Å²) in [4.78, 5) is 0. The predicted octanol–water partition coefficient (Wildman–Crippen LogP) is -1.03. The Morgan fingerprint density at radius 3 is 1.64 bits per heavy atom. The molecule has 3 heteroatoms. The van der Waals surface area contributed by atoms with E-state index in [0.29, 0.717) is 0 Å². The van der Waals surface area contributed by atoms with Gasteiger partial charge in [-0.3, -0.25) is 0 Å². The summed E-state index contributed by atoms with van der Waals surface area (Å²) in [5, 5.41) is 0. The van der Waals surface area contributed by atoms with E-state index in [2.05, 4.69) is 27.3 Å². The molecule has 0 rings (SSSR count). The normalized spacial score (nSPS) is 8.91. The Kier molecular flexibility index (Phi) is 13.3. The molecule has 0 radical (unpaired) electrons. The third-order valence-electron chi connectivity index (χ3n) is 1.25. The van der Waals surface area contributed by atoms with Crippen LogP contribution >= 0.6 is 12.4 Å². The molecule has 0 N–H and O–H groups in total. The van der Waals surface area contributed by atoms with Crippen LogP contribution in [0.15, 0.2) is 25.3 Å². The van der Waals surface area contributed by atoms with Crippen molar-refractivity contribution in [3.63, 3.8) is 0 Å². The van der Waals surface area contributed by atoms with E-state index in [9.17, 15) is 0 Å². The van der Waals surface area contributed by atoms with Crippen LogP contribution in [0, 0.1) is 0 Å². The maximum atomic E-state index is 3.68. The number of rotatable bonds is 4. The maximum Gasteiger partial charge on any atom is 1.00 e.